The number of carboxylic acids is 1. The lowest BCUT2D eigenvalue weighted by atomic mass is 9.82. The van der Waals surface area contributed by atoms with Gasteiger partial charge in [-0.2, -0.15) is 23.0 Å². The van der Waals surface area contributed by atoms with Crippen LogP contribution in [0.4, 0.5) is 13.2 Å². The summed E-state index contributed by atoms with van der Waals surface area (Å²) < 4.78 is 43.6. The summed E-state index contributed by atoms with van der Waals surface area (Å²) in [5.74, 6) is -2.80. The molecule has 41 heavy (non-hydrogen) atoms. The van der Waals surface area contributed by atoms with E-state index in [0.717, 1.165) is 15.8 Å². The Morgan fingerprint density at radius 1 is 1.07 bits per heavy atom. The van der Waals surface area contributed by atoms with Crippen LogP contribution in [0.2, 0.25) is 5.02 Å². The molecule has 4 aliphatic rings. The molecule has 3 aliphatic carbocycles. The van der Waals surface area contributed by atoms with Crippen LogP contribution >= 0.6 is 11.6 Å². The van der Waals surface area contributed by atoms with Crippen LogP contribution in [0.25, 0.3) is 5.57 Å². The number of aliphatic hydroxyl groups is 1. The van der Waals surface area contributed by atoms with E-state index in [1.54, 1.807) is 4.90 Å². The Hall–Kier alpha value is -3.18. The molecule has 0 bridgehead atoms. The van der Waals surface area contributed by atoms with Gasteiger partial charge in [0, 0.05) is 31.0 Å². The molecule has 2 heterocycles. The maximum Gasteiger partial charge on any atom is 0.398 e. The molecular formula is C29H29ClF3N3O5. The number of aliphatic carboxylic acids is 1. The second-order valence-electron chi connectivity index (χ2n) is 11.6. The number of amides is 1. The number of nitrogens with zero attached hydrogens (tertiary/aromatic N) is 3. The van der Waals surface area contributed by atoms with Gasteiger partial charge in [-0.25, -0.2) is 0 Å². The molecule has 1 aliphatic heterocycles. The molecule has 1 aromatic carbocycles. The summed E-state index contributed by atoms with van der Waals surface area (Å²) in [6, 6.07) is 4.10. The van der Waals surface area contributed by atoms with Gasteiger partial charge < -0.3 is 15.1 Å². The van der Waals surface area contributed by atoms with Crippen molar-refractivity contribution in [3.8, 4) is 0 Å². The molecular weight excluding hydrogens is 563 g/mol. The van der Waals surface area contributed by atoms with Gasteiger partial charge in [-0.1, -0.05) is 29.8 Å². The van der Waals surface area contributed by atoms with Gasteiger partial charge in [0.05, 0.1) is 39.4 Å². The number of hydrogen-bond acceptors (Lipinski definition) is 5. The summed E-state index contributed by atoms with van der Waals surface area (Å²) in [5.41, 5.74) is -0.0529. The van der Waals surface area contributed by atoms with Crippen molar-refractivity contribution in [3.63, 3.8) is 0 Å². The summed E-state index contributed by atoms with van der Waals surface area (Å²) in [4.78, 5) is 40.3. The second kappa shape index (κ2) is 9.97. The normalized spacial score (nSPS) is 23.8. The van der Waals surface area contributed by atoms with Crippen molar-refractivity contribution in [1.29, 1.82) is 0 Å². The maximum absolute atomic E-state index is 14.2. The van der Waals surface area contributed by atoms with Crippen molar-refractivity contribution in [2.45, 2.75) is 69.1 Å². The van der Waals surface area contributed by atoms with Gasteiger partial charge in [-0.05, 0) is 62.1 Å². The van der Waals surface area contributed by atoms with Crippen molar-refractivity contribution in [3.05, 3.63) is 57.4 Å². The number of rotatable bonds is 5. The third-order valence-electron chi connectivity index (χ3n) is 9.09. The molecule has 2 atom stereocenters. The molecule has 12 heteroatoms. The molecule has 2 aromatic rings. The average molecular weight is 592 g/mol. The van der Waals surface area contributed by atoms with E-state index in [9.17, 15) is 37.8 Å². The number of benzene rings is 1. The summed E-state index contributed by atoms with van der Waals surface area (Å²) >= 11 is 6.42. The molecule has 218 valence electrons. The Labute approximate surface area is 238 Å². The zero-order valence-electron chi connectivity index (χ0n) is 22.1. The number of alkyl halides is 3. The smallest absolute Gasteiger partial charge is 0.398 e. The van der Waals surface area contributed by atoms with Crippen molar-refractivity contribution in [1.82, 2.24) is 14.7 Å². The van der Waals surface area contributed by atoms with E-state index in [0.29, 0.717) is 43.5 Å². The van der Waals surface area contributed by atoms with E-state index in [-0.39, 0.29) is 54.4 Å². The molecule has 1 aromatic heterocycles. The molecule has 8 nitrogen and oxygen atoms in total. The lowest BCUT2D eigenvalue weighted by molar-refractivity contribution is -0.160. The van der Waals surface area contributed by atoms with Gasteiger partial charge in [-0.15, -0.1) is 0 Å². The van der Waals surface area contributed by atoms with Crippen LogP contribution in [0.1, 0.15) is 71.4 Å². The number of carbonyl (C=O) groups excluding carboxylic acids is 2. The predicted octanol–water partition coefficient (Wildman–Crippen LogP) is 4.40. The molecule has 0 spiro atoms. The SMILES string of the molecule is O=C(O)C1CC=C(c2nn(C(=O)c3c(Cl)cccc3C3(C(F)(F)F)CC3)c3c2CCC(C(=O)N2CC(O)C2)C3)CC1. The Balaban J connectivity index is 1.42. The van der Waals surface area contributed by atoms with Crippen molar-refractivity contribution >= 4 is 35.0 Å². The highest BCUT2D eigenvalue weighted by atomic mass is 35.5. The summed E-state index contributed by atoms with van der Waals surface area (Å²) in [6.45, 7) is 0.484. The number of aliphatic hydroxyl groups excluding tert-OH is 1. The number of carboxylic acid groups (broad SMARTS) is 1. The molecule has 0 radical (unpaired) electrons. The first kappa shape index (κ1) is 28.0. The topological polar surface area (TPSA) is 113 Å². The van der Waals surface area contributed by atoms with Crippen molar-refractivity contribution in [2.24, 2.45) is 11.8 Å². The number of fused-ring (bicyclic) bond motifs is 1. The summed E-state index contributed by atoms with van der Waals surface area (Å²) in [6.07, 6.45) is -1.39. The van der Waals surface area contributed by atoms with E-state index in [1.165, 1.54) is 18.2 Å². The van der Waals surface area contributed by atoms with E-state index in [4.69, 9.17) is 11.6 Å². The minimum absolute atomic E-state index is 0.104. The fraction of sp³-hybridized carbons (Fsp3) is 0.517. The van der Waals surface area contributed by atoms with Crippen LogP contribution in [0, 0.1) is 11.8 Å². The number of halogens is 4. The minimum atomic E-state index is -4.56. The fourth-order valence-electron chi connectivity index (χ4n) is 6.49. The third-order valence-corrected chi connectivity index (χ3v) is 9.40. The first-order valence-corrected chi connectivity index (χ1v) is 14.2. The van der Waals surface area contributed by atoms with Gasteiger partial charge in [-0.3, -0.25) is 14.4 Å². The standard InChI is InChI=1S/C29H29ClF3N3O5/c30-21-3-1-2-20(28(10-11-28)29(31,32)33)23(21)26(39)36-22-12-17(25(38)35-13-18(37)14-35)8-9-19(22)24(34-36)15-4-6-16(7-5-15)27(40)41/h1-4,16-18,37H,5-14H2,(H,40,41). The monoisotopic (exact) mass is 591 g/mol. The molecule has 2 fully saturated rings. The Morgan fingerprint density at radius 2 is 1.78 bits per heavy atom. The number of β-amino-alcohol motifs (C(OH)–C–C–N with tert-alkyl or cyclic N) is 1. The van der Waals surface area contributed by atoms with E-state index >= 15 is 0 Å². The highest BCUT2D eigenvalue weighted by molar-refractivity contribution is 6.34. The lowest BCUT2D eigenvalue weighted by Crippen LogP contribution is -2.55. The molecule has 1 saturated heterocycles. The van der Waals surface area contributed by atoms with Gasteiger partial charge in [0.25, 0.3) is 5.91 Å². The van der Waals surface area contributed by atoms with Gasteiger partial charge in [0.2, 0.25) is 5.91 Å². The summed E-state index contributed by atoms with van der Waals surface area (Å²) in [7, 11) is 0. The quantitative estimate of drug-likeness (QED) is 0.533. The fourth-order valence-corrected chi connectivity index (χ4v) is 6.75. The highest BCUT2D eigenvalue weighted by Crippen LogP contribution is 2.60. The number of carbonyl (C=O) groups is 3. The number of hydrogen-bond donors (Lipinski definition) is 2. The Kier molecular flexibility index (Phi) is 6.80. The first-order chi connectivity index (χ1) is 19.4. The van der Waals surface area contributed by atoms with Crippen LogP contribution in [-0.2, 0) is 27.8 Å². The number of allylic oxidation sites excluding steroid dienone is 2. The number of likely N-dealkylation sites (tertiary alicyclic amines) is 1. The van der Waals surface area contributed by atoms with Crippen LogP contribution in [0.5, 0.6) is 0 Å². The zero-order valence-corrected chi connectivity index (χ0v) is 22.8. The minimum Gasteiger partial charge on any atom is -0.481 e. The average Bonchev–Trinajstić information content (AvgIpc) is 3.66. The molecule has 2 N–H and O–H groups in total. The molecule has 6 rings (SSSR count). The third kappa shape index (κ3) is 4.67. The van der Waals surface area contributed by atoms with Crippen molar-refractivity contribution in [2.75, 3.05) is 13.1 Å². The Bertz CT molecular complexity index is 1470. The van der Waals surface area contributed by atoms with Crippen LogP contribution < -0.4 is 0 Å². The van der Waals surface area contributed by atoms with Crippen LogP contribution in [0.15, 0.2) is 24.3 Å². The van der Waals surface area contributed by atoms with Gasteiger partial charge in [0.15, 0.2) is 0 Å². The van der Waals surface area contributed by atoms with Gasteiger partial charge >= 0.3 is 12.1 Å². The molecule has 1 amide bonds. The number of aromatic nitrogens is 2. The highest BCUT2D eigenvalue weighted by Gasteiger charge is 2.65. The lowest BCUT2D eigenvalue weighted by Gasteiger charge is -2.39. The largest absolute Gasteiger partial charge is 0.481 e. The van der Waals surface area contributed by atoms with Crippen LogP contribution in [-0.4, -0.2) is 68.0 Å². The molecule has 1 saturated carbocycles. The predicted molar refractivity (Wildman–Crippen MR) is 141 cm³/mol. The maximum atomic E-state index is 14.2. The van der Waals surface area contributed by atoms with Crippen molar-refractivity contribution < 1.29 is 37.8 Å². The van der Waals surface area contributed by atoms with E-state index in [1.807, 2.05) is 6.08 Å². The second-order valence-corrected chi connectivity index (χ2v) is 12.0. The first-order valence-electron chi connectivity index (χ1n) is 13.8. The van der Waals surface area contributed by atoms with Crippen LogP contribution in [0.3, 0.4) is 0 Å². The zero-order chi connectivity index (χ0) is 29.3. The van der Waals surface area contributed by atoms with Gasteiger partial charge in [0.1, 0.15) is 0 Å². The Morgan fingerprint density at radius 3 is 2.37 bits per heavy atom. The molecule has 2 unspecified atom stereocenters. The van der Waals surface area contributed by atoms with E-state index in [2.05, 4.69) is 5.10 Å². The summed E-state index contributed by atoms with van der Waals surface area (Å²) in [5, 5.41) is 23.6. The van der Waals surface area contributed by atoms with E-state index < -0.39 is 41.4 Å².